The quantitative estimate of drug-likeness (QED) is 0.427. The summed E-state index contributed by atoms with van der Waals surface area (Å²) in [7, 11) is -7.97. The van der Waals surface area contributed by atoms with Crippen molar-refractivity contribution in [2.24, 2.45) is 0 Å². The third-order valence-electron chi connectivity index (χ3n) is 6.66. The zero-order valence-electron chi connectivity index (χ0n) is 21.1. The second kappa shape index (κ2) is 10.3. The molecule has 0 bridgehead atoms. The first-order chi connectivity index (χ1) is 17.1. The first-order valence-corrected chi connectivity index (χ1v) is 15.0. The third-order valence-corrected chi connectivity index (χ3v) is 10.5. The summed E-state index contributed by atoms with van der Waals surface area (Å²) in [6.07, 6.45) is -1.01. The van der Waals surface area contributed by atoms with Gasteiger partial charge in [0.05, 0.1) is 9.79 Å². The Morgan fingerprint density at radius 1 is 0.778 bits per heavy atom. The van der Waals surface area contributed by atoms with Crippen LogP contribution in [0.15, 0.2) is 88.7 Å². The van der Waals surface area contributed by atoms with Gasteiger partial charge in [0.1, 0.15) is 6.17 Å². The molecule has 0 spiro atoms. The summed E-state index contributed by atoms with van der Waals surface area (Å²) in [6.45, 7) is 9.49. The molecule has 0 unspecified atom stereocenters. The van der Waals surface area contributed by atoms with Gasteiger partial charge in [-0.05, 0) is 69.7 Å². The predicted molar refractivity (Wildman–Crippen MR) is 143 cm³/mol. The van der Waals surface area contributed by atoms with E-state index in [0.717, 1.165) is 24.3 Å². The van der Waals surface area contributed by atoms with Crippen LogP contribution in [0.5, 0.6) is 0 Å². The number of aryl methyl sites for hydroxylation is 1. The fourth-order valence-electron chi connectivity index (χ4n) is 4.73. The number of hydrogen-bond acceptors (Lipinski definition) is 5. The van der Waals surface area contributed by atoms with Crippen molar-refractivity contribution >= 4 is 25.7 Å². The normalized spacial score (nSPS) is 19.4. The molecule has 0 radical (unpaired) electrons. The van der Waals surface area contributed by atoms with Gasteiger partial charge in [0.2, 0.25) is 20.0 Å². The maximum atomic E-state index is 13.8. The van der Waals surface area contributed by atoms with Gasteiger partial charge in [0.15, 0.2) is 0 Å². The van der Waals surface area contributed by atoms with Crippen molar-refractivity contribution in [1.82, 2.24) is 8.61 Å². The summed E-state index contributed by atoms with van der Waals surface area (Å²) >= 11 is 0. The Kier molecular flexibility index (Phi) is 7.56. The largest absolute Gasteiger partial charge is 0.372 e. The number of benzene rings is 3. The predicted octanol–water partition coefficient (Wildman–Crippen LogP) is 4.62. The summed E-state index contributed by atoms with van der Waals surface area (Å²) in [5.41, 5.74) is 2.55. The lowest BCUT2D eigenvalue weighted by Crippen LogP contribution is -2.39. The van der Waals surface area contributed by atoms with E-state index in [1.54, 1.807) is 61.5 Å². The first-order valence-electron chi connectivity index (χ1n) is 12.1. The highest BCUT2D eigenvalue weighted by atomic mass is 32.2. The molecule has 36 heavy (non-hydrogen) atoms. The molecule has 1 heterocycles. The van der Waals surface area contributed by atoms with Gasteiger partial charge in [-0.3, -0.25) is 0 Å². The van der Waals surface area contributed by atoms with E-state index in [1.165, 1.54) is 8.61 Å². The van der Waals surface area contributed by atoms with Gasteiger partial charge in [-0.25, -0.2) is 16.8 Å². The highest BCUT2D eigenvalue weighted by molar-refractivity contribution is 7.90. The Bertz CT molecular complexity index is 1390. The molecule has 0 amide bonds. The summed E-state index contributed by atoms with van der Waals surface area (Å²) in [4.78, 5) is 2.46. The van der Waals surface area contributed by atoms with Gasteiger partial charge in [-0.2, -0.15) is 8.61 Å². The van der Waals surface area contributed by atoms with Crippen LogP contribution < -0.4 is 4.90 Å². The van der Waals surface area contributed by atoms with Gasteiger partial charge in [0, 0.05) is 31.4 Å². The molecule has 192 valence electrons. The fraction of sp³-hybridized carbons (Fsp3) is 0.333. The molecule has 4 rings (SSSR count). The van der Waals surface area contributed by atoms with Gasteiger partial charge < -0.3 is 4.90 Å². The lowest BCUT2D eigenvalue weighted by atomic mass is 10.1. The van der Waals surface area contributed by atoms with E-state index in [0.29, 0.717) is 5.56 Å². The SMILES string of the molecule is CCN(CC)c1ccc([C@@H]2N(S(=O)(=O)c3ccc(C)cc3)C[C@@H](C)N2S(=O)(=O)c2ccccc2)cc1. The van der Waals surface area contributed by atoms with E-state index < -0.39 is 32.3 Å². The van der Waals surface area contributed by atoms with Crippen molar-refractivity contribution < 1.29 is 16.8 Å². The van der Waals surface area contributed by atoms with Crippen LogP contribution in [-0.4, -0.2) is 51.1 Å². The molecule has 1 fully saturated rings. The topological polar surface area (TPSA) is 78.0 Å². The van der Waals surface area contributed by atoms with Crippen LogP contribution in [0.4, 0.5) is 5.69 Å². The summed E-state index contributed by atoms with van der Waals surface area (Å²) in [5, 5.41) is 0. The van der Waals surface area contributed by atoms with E-state index in [1.807, 2.05) is 31.2 Å². The lowest BCUT2D eigenvalue weighted by Gasteiger charge is -2.31. The molecule has 2 atom stereocenters. The van der Waals surface area contributed by atoms with E-state index in [9.17, 15) is 16.8 Å². The summed E-state index contributed by atoms with van der Waals surface area (Å²) < 4.78 is 58.0. The van der Waals surface area contributed by atoms with Crippen LogP contribution in [0.25, 0.3) is 0 Å². The van der Waals surface area contributed by atoms with Crippen LogP contribution in [0.1, 0.15) is 38.1 Å². The van der Waals surface area contributed by atoms with Crippen molar-refractivity contribution in [1.29, 1.82) is 0 Å². The van der Waals surface area contributed by atoms with Gasteiger partial charge in [-0.1, -0.05) is 48.0 Å². The molecule has 7 nitrogen and oxygen atoms in total. The average molecular weight is 528 g/mol. The second-order valence-electron chi connectivity index (χ2n) is 9.02. The van der Waals surface area contributed by atoms with Gasteiger partial charge in [-0.15, -0.1) is 0 Å². The van der Waals surface area contributed by atoms with Crippen molar-refractivity contribution in [3.63, 3.8) is 0 Å². The van der Waals surface area contributed by atoms with Crippen molar-refractivity contribution in [2.75, 3.05) is 24.5 Å². The number of rotatable bonds is 8. The molecule has 0 N–H and O–H groups in total. The maximum Gasteiger partial charge on any atom is 0.245 e. The zero-order chi connectivity index (χ0) is 26.1. The molecule has 0 saturated carbocycles. The molecule has 3 aromatic rings. The van der Waals surface area contributed by atoms with Crippen LogP contribution >= 0.6 is 0 Å². The van der Waals surface area contributed by atoms with Crippen LogP contribution in [0, 0.1) is 6.92 Å². The summed E-state index contributed by atoms with van der Waals surface area (Å²) in [6, 6.07) is 21.8. The minimum absolute atomic E-state index is 0.0464. The maximum absolute atomic E-state index is 13.8. The monoisotopic (exact) mass is 527 g/mol. The minimum atomic E-state index is -3.99. The number of sulfonamides is 2. The zero-order valence-corrected chi connectivity index (χ0v) is 22.7. The van der Waals surface area contributed by atoms with E-state index >= 15 is 0 Å². The standard InChI is InChI=1S/C27H33N3O4S2/c1-5-28(6-2)24-16-14-23(15-17-24)27-29(35(31,32)26-18-12-21(3)13-19-26)20-22(4)30(27)36(33,34)25-10-8-7-9-11-25/h7-19,22,27H,5-6,20H2,1-4H3/t22-,27-/m1/s1. The molecular weight excluding hydrogens is 494 g/mol. The Labute approximate surface area is 215 Å². The van der Waals surface area contributed by atoms with Crippen molar-refractivity contribution in [3.05, 3.63) is 90.0 Å². The number of hydrogen-bond donors (Lipinski definition) is 0. The summed E-state index contributed by atoms with van der Waals surface area (Å²) in [5.74, 6) is 0. The molecular formula is C27H33N3O4S2. The lowest BCUT2D eigenvalue weighted by molar-refractivity contribution is 0.276. The Morgan fingerprint density at radius 3 is 1.89 bits per heavy atom. The minimum Gasteiger partial charge on any atom is -0.372 e. The highest BCUT2D eigenvalue weighted by Crippen LogP contribution is 2.41. The third kappa shape index (κ3) is 4.80. The molecule has 0 aliphatic carbocycles. The first kappa shape index (κ1) is 26.3. The number of anilines is 1. The number of nitrogens with zero attached hydrogens (tertiary/aromatic N) is 3. The van der Waals surface area contributed by atoms with Crippen LogP contribution in [0.3, 0.4) is 0 Å². The molecule has 3 aromatic carbocycles. The van der Waals surface area contributed by atoms with E-state index in [4.69, 9.17) is 0 Å². The Morgan fingerprint density at radius 2 is 1.33 bits per heavy atom. The smallest absolute Gasteiger partial charge is 0.245 e. The Hall–Kier alpha value is -2.72. The van der Waals surface area contributed by atoms with E-state index in [-0.39, 0.29) is 16.3 Å². The van der Waals surface area contributed by atoms with E-state index in [2.05, 4.69) is 18.7 Å². The van der Waals surface area contributed by atoms with Gasteiger partial charge in [0.25, 0.3) is 0 Å². The molecule has 1 aliphatic heterocycles. The fourth-order valence-corrected chi connectivity index (χ4v) is 8.22. The molecule has 0 aromatic heterocycles. The average Bonchev–Trinajstić information content (AvgIpc) is 3.25. The van der Waals surface area contributed by atoms with Crippen molar-refractivity contribution in [3.8, 4) is 0 Å². The molecule has 1 saturated heterocycles. The molecule has 1 aliphatic rings. The Balaban J connectivity index is 1.85. The van der Waals surface area contributed by atoms with Gasteiger partial charge >= 0.3 is 0 Å². The second-order valence-corrected chi connectivity index (χ2v) is 12.8. The highest BCUT2D eigenvalue weighted by Gasteiger charge is 2.50. The van der Waals surface area contributed by atoms with Crippen LogP contribution in [-0.2, 0) is 20.0 Å². The molecule has 9 heteroatoms. The van der Waals surface area contributed by atoms with Crippen molar-refractivity contribution in [2.45, 2.75) is 49.7 Å². The van der Waals surface area contributed by atoms with Crippen LogP contribution in [0.2, 0.25) is 0 Å².